The lowest BCUT2D eigenvalue weighted by molar-refractivity contribution is 0.306. The summed E-state index contributed by atoms with van der Waals surface area (Å²) in [6.45, 7) is 0.626. The Morgan fingerprint density at radius 3 is 2.56 bits per heavy atom. The van der Waals surface area contributed by atoms with Crippen molar-refractivity contribution in [1.29, 1.82) is 0 Å². The van der Waals surface area contributed by atoms with Crippen molar-refractivity contribution in [3.63, 3.8) is 0 Å². The maximum Gasteiger partial charge on any atom is 0.120 e. The molecule has 0 aliphatic heterocycles. The molecule has 0 saturated heterocycles. The van der Waals surface area contributed by atoms with Gasteiger partial charge in [-0.25, -0.2) is 0 Å². The van der Waals surface area contributed by atoms with Gasteiger partial charge in [0.1, 0.15) is 12.4 Å². The van der Waals surface area contributed by atoms with Gasteiger partial charge in [0.25, 0.3) is 0 Å². The van der Waals surface area contributed by atoms with Gasteiger partial charge >= 0.3 is 0 Å². The number of hydrogen-bond donors (Lipinski definition) is 0. The van der Waals surface area contributed by atoms with Crippen molar-refractivity contribution in [2.75, 3.05) is 0 Å². The molecule has 3 rings (SSSR count). The Bertz CT molecular complexity index is 549. The molecule has 1 fully saturated rings. The van der Waals surface area contributed by atoms with Crippen LogP contribution in [0, 0.1) is 0 Å². The molecule has 0 amide bonds. The zero-order valence-corrected chi connectivity index (χ0v) is 10.3. The van der Waals surface area contributed by atoms with E-state index in [-0.39, 0.29) is 0 Å². The zero-order chi connectivity index (χ0) is 12.2. The lowest BCUT2D eigenvalue weighted by Gasteiger charge is -2.06. The molecule has 90 valence electrons. The molecule has 0 heterocycles. The van der Waals surface area contributed by atoms with E-state index in [0.29, 0.717) is 6.61 Å². The van der Waals surface area contributed by atoms with Gasteiger partial charge in [0.2, 0.25) is 0 Å². The summed E-state index contributed by atoms with van der Waals surface area (Å²) in [5, 5.41) is 0. The highest BCUT2D eigenvalue weighted by molar-refractivity contribution is 5.57. The lowest BCUT2D eigenvalue weighted by Crippen LogP contribution is -1.94. The van der Waals surface area contributed by atoms with Crippen LogP contribution >= 0.6 is 0 Å². The summed E-state index contributed by atoms with van der Waals surface area (Å²) in [5.74, 6) is 0.939. The van der Waals surface area contributed by atoms with Crippen molar-refractivity contribution < 1.29 is 4.74 Å². The van der Waals surface area contributed by atoms with E-state index in [9.17, 15) is 0 Å². The number of benzene rings is 2. The molecule has 1 heteroatoms. The normalized spacial score (nSPS) is 13.2. The fourth-order valence-electron chi connectivity index (χ4n) is 1.89. The summed E-state index contributed by atoms with van der Waals surface area (Å²) < 4.78 is 5.81. The fourth-order valence-corrected chi connectivity index (χ4v) is 1.89. The Morgan fingerprint density at radius 2 is 1.78 bits per heavy atom. The zero-order valence-electron chi connectivity index (χ0n) is 10.3. The highest BCUT2D eigenvalue weighted by Gasteiger charge is 2.10. The molecule has 0 N–H and O–H groups in total. The van der Waals surface area contributed by atoms with Crippen LogP contribution in [0.5, 0.6) is 5.75 Å². The highest BCUT2D eigenvalue weighted by atomic mass is 16.5. The van der Waals surface area contributed by atoms with Gasteiger partial charge in [0, 0.05) is 0 Å². The van der Waals surface area contributed by atoms with Gasteiger partial charge in [-0.3, -0.25) is 0 Å². The second-order valence-electron chi connectivity index (χ2n) is 4.65. The Kier molecular flexibility index (Phi) is 3.14. The second-order valence-corrected chi connectivity index (χ2v) is 4.65. The van der Waals surface area contributed by atoms with E-state index >= 15 is 0 Å². The number of rotatable bonds is 4. The molecule has 0 unspecified atom stereocenters. The molecule has 0 radical (unpaired) electrons. The van der Waals surface area contributed by atoms with Gasteiger partial charge in [-0.05, 0) is 36.1 Å². The Morgan fingerprint density at radius 1 is 0.944 bits per heavy atom. The molecule has 0 atom stereocenters. The molecular formula is C17H16O. The monoisotopic (exact) mass is 236 g/mol. The minimum atomic E-state index is 0.626. The van der Waals surface area contributed by atoms with Crippen molar-refractivity contribution in [2.45, 2.75) is 19.4 Å². The van der Waals surface area contributed by atoms with Crippen LogP contribution in [0.25, 0.3) is 6.08 Å². The van der Waals surface area contributed by atoms with E-state index in [4.69, 9.17) is 4.74 Å². The maximum atomic E-state index is 5.81. The van der Waals surface area contributed by atoms with Crippen LogP contribution < -0.4 is 4.74 Å². The first-order valence-electron chi connectivity index (χ1n) is 6.36. The first-order chi connectivity index (χ1) is 8.90. The largest absolute Gasteiger partial charge is 0.489 e. The van der Waals surface area contributed by atoms with E-state index in [2.05, 4.69) is 36.4 Å². The quantitative estimate of drug-likeness (QED) is 0.762. The summed E-state index contributed by atoms with van der Waals surface area (Å²) in [7, 11) is 0. The van der Waals surface area contributed by atoms with E-state index in [0.717, 1.165) is 5.75 Å². The lowest BCUT2D eigenvalue weighted by atomic mass is 10.2. The number of allylic oxidation sites excluding steroid dienone is 1. The average molecular weight is 236 g/mol. The topological polar surface area (TPSA) is 9.23 Å². The van der Waals surface area contributed by atoms with Crippen molar-refractivity contribution in [2.24, 2.45) is 0 Å². The van der Waals surface area contributed by atoms with Crippen LogP contribution in [-0.2, 0) is 6.61 Å². The third-order valence-electron chi connectivity index (χ3n) is 3.02. The summed E-state index contributed by atoms with van der Waals surface area (Å²) in [4.78, 5) is 0. The van der Waals surface area contributed by atoms with Gasteiger partial charge in [0.15, 0.2) is 0 Å². The molecule has 0 bridgehead atoms. The average Bonchev–Trinajstić information content (AvgIpc) is 3.22. The van der Waals surface area contributed by atoms with Crippen LogP contribution in [0.4, 0.5) is 0 Å². The number of hydrogen-bond acceptors (Lipinski definition) is 1. The Balaban J connectivity index is 1.67. The molecule has 1 aliphatic carbocycles. The molecule has 1 nitrogen and oxygen atoms in total. The SMILES string of the molecule is C(=C1CC1)c1cccc(OCc2ccccc2)c1. The Hall–Kier alpha value is -2.02. The maximum absolute atomic E-state index is 5.81. The van der Waals surface area contributed by atoms with Crippen molar-refractivity contribution in [3.8, 4) is 5.75 Å². The van der Waals surface area contributed by atoms with Gasteiger partial charge in [0.05, 0.1) is 0 Å². The third kappa shape index (κ3) is 3.01. The van der Waals surface area contributed by atoms with Crippen LogP contribution in [0.1, 0.15) is 24.0 Å². The number of ether oxygens (including phenoxy) is 1. The van der Waals surface area contributed by atoms with Gasteiger partial charge in [-0.2, -0.15) is 0 Å². The predicted octanol–water partition coefficient (Wildman–Crippen LogP) is 4.44. The molecule has 2 aromatic carbocycles. The molecule has 2 aromatic rings. The van der Waals surface area contributed by atoms with Crippen LogP contribution in [0.15, 0.2) is 60.2 Å². The van der Waals surface area contributed by atoms with Gasteiger partial charge in [-0.15, -0.1) is 0 Å². The van der Waals surface area contributed by atoms with Crippen LogP contribution in [-0.4, -0.2) is 0 Å². The summed E-state index contributed by atoms with van der Waals surface area (Å²) >= 11 is 0. The van der Waals surface area contributed by atoms with Crippen LogP contribution in [0.3, 0.4) is 0 Å². The van der Waals surface area contributed by atoms with Gasteiger partial charge < -0.3 is 4.74 Å². The van der Waals surface area contributed by atoms with Crippen molar-refractivity contribution >= 4 is 6.08 Å². The summed E-state index contributed by atoms with van der Waals surface area (Å²) in [6.07, 6.45) is 4.78. The van der Waals surface area contributed by atoms with Gasteiger partial charge in [-0.1, -0.05) is 54.1 Å². The predicted molar refractivity (Wildman–Crippen MR) is 74.4 cm³/mol. The Labute approximate surface area is 108 Å². The van der Waals surface area contributed by atoms with Crippen LogP contribution in [0.2, 0.25) is 0 Å². The molecule has 0 aromatic heterocycles. The van der Waals surface area contributed by atoms with Crippen molar-refractivity contribution in [1.82, 2.24) is 0 Å². The summed E-state index contributed by atoms with van der Waals surface area (Å²) in [5.41, 5.74) is 3.98. The molecule has 1 saturated carbocycles. The van der Waals surface area contributed by atoms with Crippen molar-refractivity contribution in [3.05, 3.63) is 71.3 Å². The van der Waals surface area contributed by atoms with E-state index in [1.54, 1.807) is 0 Å². The molecule has 18 heavy (non-hydrogen) atoms. The van der Waals surface area contributed by atoms with E-state index < -0.39 is 0 Å². The third-order valence-corrected chi connectivity index (χ3v) is 3.02. The summed E-state index contributed by atoms with van der Waals surface area (Å²) in [6, 6.07) is 18.5. The smallest absolute Gasteiger partial charge is 0.120 e. The second kappa shape index (κ2) is 5.09. The first kappa shape index (κ1) is 11.1. The van der Waals surface area contributed by atoms with E-state index in [1.807, 2.05) is 24.3 Å². The first-order valence-corrected chi connectivity index (χ1v) is 6.36. The fraction of sp³-hybridized carbons (Fsp3) is 0.176. The molecular weight excluding hydrogens is 220 g/mol. The molecule has 0 spiro atoms. The molecule has 1 aliphatic rings. The standard InChI is InChI=1S/C17H16O/c1-2-5-15(6-3-1)13-18-17-8-4-7-16(12-17)11-14-9-10-14/h1-8,11-12H,9-10,13H2. The highest BCUT2D eigenvalue weighted by Crippen LogP contribution is 2.30. The van der Waals surface area contributed by atoms with E-state index in [1.165, 1.54) is 29.5 Å². The minimum Gasteiger partial charge on any atom is -0.489 e. The minimum absolute atomic E-state index is 0.626.